The molecular formula is C4BrF5. The minimum Gasteiger partial charge on any atom is -0.200 e. The van der Waals surface area contributed by atoms with Crippen LogP contribution in [0.1, 0.15) is 0 Å². The van der Waals surface area contributed by atoms with Crippen molar-refractivity contribution in [2.75, 3.05) is 0 Å². The van der Waals surface area contributed by atoms with Crippen molar-refractivity contribution in [2.24, 2.45) is 0 Å². The predicted molar refractivity (Wildman–Crippen MR) is 28.5 cm³/mol. The molecular weight excluding hydrogens is 223 g/mol. The molecule has 0 nitrogen and oxygen atoms in total. The van der Waals surface area contributed by atoms with Gasteiger partial charge in [0.05, 0.1) is 0 Å². The molecule has 0 aromatic carbocycles. The highest BCUT2D eigenvalue weighted by Crippen LogP contribution is 2.26. The highest BCUT2D eigenvalue weighted by atomic mass is 79.9. The first-order valence-electron chi connectivity index (χ1n) is 1.88. The molecule has 0 N–H and O–H groups in total. The van der Waals surface area contributed by atoms with Gasteiger partial charge >= 0.3 is 6.08 Å². The molecule has 0 aromatic heterocycles. The minimum atomic E-state index is -2.90. The van der Waals surface area contributed by atoms with E-state index in [4.69, 9.17) is 0 Å². The summed E-state index contributed by atoms with van der Waals surface area (Å²) in [5, 5.41) is 0. The van der Waals surface area contributed by atoms with Crippen LogP contribution in [0.4, 0.5) is 22.0 Å². The molecule has 0 heterocycles. The highest BCUT2D eigenvalue weighted by molar-refractivity contribution is 9.11. The van der Waals surface area contributed by atoms with E-state index in [1.165, 1.54) is 0 Å². The zero-order chi connectivity index (χ0) is 8.31. The number of allylic oxidation sites excluding steroid dienone is 2. The zero-order valence-electron chi connectivity index (χ0n) is 4.27. The summed E-state index contributed by atoms with van der Waals surface area (Å²) in [6, 6.07) is 0. The second kappa shape index (κ2) is 3.70. The van der Waals surface area contributed by atoms with Crippen LogP contribution in [-0.2, 0) is 0 Å². The summed E-state index contributed by atoms with van der Waals surface area (Å²) in [6.07, 6.45) is -2.90. The normalized spacial score (nSPS) is 12.6. The second-order valence-corrected chi connectivity index (χ2v) is 1.85. The molecule has 0 aromatic rings. The molecule has 0 fully saturated rings. The quantitative estimate of drug-likeness (QED) is 0.470. The van der Waals surface area contributed by atoms with E-state index in [2.05, 4.69) is 0 Å². The molecule has 6 heteroatoms. The molecule has 0 atom stereocenters. The van der Waals surface area contributed by atoms with Crippen LogP contribution in [0, 0.1) is 0 Å². The van der Waals surface area contributed by atoms with E-state index in [9.17, 15) is 22.0 Å². The first-order chi connectivity index (χ1) is 4.46. The third-order valence-corrected chi connectivity index (χ3v) is 0.873. The van der Waals surface area contributed by atoms with Gasteiger partial charge in [-0.3, -0.25) is 0 Å². The van der Waals surface area contributed by atoms with Crippen molar-refractivity contribution < 1.29 is 22.0 Å². The van der Waals surface area contributed by atoms with Gasteiger partial charge < -0.3 is 0 Å². The van der Waals surface area contributed by atoms with Gasteiger partial charge in [-0.25, -0.2) is 0 Å². The smallest absolute Gasteiger partial charge is 0.200 e. The van der Waals surface area contributed by atoms with Crippen LogP contribution in [0.15, 0.2) is 22.5 Å². The van der Waals surface area contributed by atoms with Gasteiger partial charge in [0.1, 0.15) is 0 Å². The van der Waals surface area contributed by atoms with Crippen molar-refractivity contribution in [1.82, 2.24) is 0 Å². The number of halogens is 6. The van der Waals surface area contributed by atoms with Gasteiger partial charge in [-0.1, -0.05) is 0 Å². The number of hydrogen-bond donors (Lipinski definition) is 0. The number of rotatable bonds is 1. The molecule has 0 saturated carbocycles. The van der Waals surface area contributed by atoms with Crippen molar-refractivity contribution in [3.8, 4) is 0 Å². The lowest BCUT2D eigenvalue weighted by atomic mass is 10.5. The molecule has 0 aliphatic carbocycles. The first kappa shape index (κ1) is 9.61. The van der Waals surface area contributed by atoms with Gasteiger partial charge in [0.25, 0.3) is 0 Å². The molecule has 0 rings (SSSR count). The third-order valence-electron chi connectivity index (χ3n) is 0.525. The lowest BCUT2D eigenvalue weighted by molar-refractivity contribution is 0.368. The first-order valence-corrected chi connectivity index (χ1v) is 2.68. The Morgan fingerprint density at radius 1 is 0.800 bits per heavy atom. The summed E-state index contributed by atoms with van der Waals surface area (Å²) in [5.74, 6) is -4.73. The van der Waals surface area contributed by atoms with E-state index in [1.54, 1.807) is 0 Å². The topological polar surface area (TPSA) is 0 Å². The summed E-state index contributed by atoms with van der Waals surface area (Å²) in [6.45, 7) is 0. The van der Waals surface area contributed by atoms with E-state index in [0.29, 0.717) is 0 Å². The zero-order valence-corrected chi connectivity index (χ0v) is 5.85. The third kappa shape index (κ3) is 2.47. The molecule has 0 bridgehead atoms. The average molecular weight is 223 g/mol. The van der Waals surface area contributed by atoms with E-state index >= 15 is 0 Å². The molecule has 0 aliphatic rings. The fraction of sp³-hybridized carbons (Fsp3) is 0. The molecule has 0 amide bonds. The Bertz CT molecular complexity index is 164. The van der Waals surface area contributed by atoms with Crippen LogP contribution in [0.3, 0.4) is 0 Å². The van der Waals surface area contributed by atoms with Gasteiger partial charge in [-0.05, 0) is 15.9 Å². The van der Waals surface area contributed by atoms with Crippen molar-refractivity contribution in [3.05, 3.63) is 22.5 Å². The Morgan fingerprint density at radius 3 is 1.30 bits per heavy atom. The van der Waals surface area contributed by atoms with E-state index in [1.807, 2.05) is 15.9 Å². The minimum absolute atomic E-state index is 1.79. The summed E-state index contributed by atoms with van der Waals surface area (Å²) in [4.78, 5) is 0. The largest absolute Gasteiger partial charge is 0.308 e. The summed E-state index contributed by atoms with van der Waals surface area (Å²) in [5.41, 5.74) is 0. The van der Waals surface area contributed by atoms with E-state index < -0.39 is 22.5 Å². The van der Waals surface area contributed by atoms with Crippen molar-refractivity contribution in [1.29, 1.82) is 0 Å². The average Bonchev–Trinajstić information content (AvgIpc) is 1.84. The van der Waals surface area contributed by atoms with Crippen molar-refractivity contribution in [2.45, 2.75) is 0 Å². The standard InChI is InChI=1S/C4BrF5/c5-3(8)1(6)2(7)4(9)10. The Hall–Kier alpha value is -0.390. The highest BCUT2D eigenvalue weighted by Gasteiger charge is 2.15. The maximum absolute atomic E-state index is 11.7. The molecule has 0 saturated heterocycles. The lowest BCUT2D eigenvalue weighted by Gasteiger charge is -1.88. The van der Waals surface area contributed by atoms with Crippen LogP contribution in [0.25, 0.3) is 0 Å². The maximum Gasteiger partial charge on any atom is 0.308 e. The lowest BCUT2D eigenvalue weighted by Crippen LogP contribution is -1.77. The van der Waals surface area contributed by atoms with Crippen molar-refractivity contribution in [3.63, 3.8) is 0 Å². The van der Waals surface area contributed by atoms with E-state index in [-0.39, 0.29) is 0 Å². The summed E-state index contributed by atoms with van der Waals surface area (Å²) < 4.78 is 55.2. The van der Waals surface area contributed by atoms with Crippen LogP contribution < -0.4 is 0 Å². The van der Waals surface area contributed by atoms with E-state index in [0.717, 1.165) is 0 Å². The van der Waals surface area contributed by atoms with Gasteiger partial charge in [0.2, 0.25) is 16.4 Å². The SMILES string of the molecule is FC(F)=C(F)C(F)=C(F)Br. The van der Waals surface area contributed by atoms with Crippen LogP contribution in [0.5, 0.6) is 0 Å². The Balaban J connectivity index is 4.71. The maximum atomic E-state index is 11.7. The summed E-state index contributed by atoms with van der Waals surface area (Å²) >= 11 is 1.84. The monoisotopic (exact) mass is 222 g/mol. The van der Waals surface area contributed by atoms with Gasteiger partial charge in [0, 0.05) is 0 Å². The van der Waals surface area contributed by atoms with Crippen LogP contribution in [-0.4, -0.2) is 0 Å². The molecule has 58 valence electrons. The molecule has 0 unspecified atom stereocenters. The fourth-order valence-corrected chi connectivity index (χ4v) is 0.340. The second-order valence-electron chi connectivity index (χ2n) is 1.15. The molecule has 0 aliphatic heterocycles. The van der Waals surface area contributed by atoms with Gasteiger partial charge in [-0.15, -0.1) is 0 Å². The Labute approximate surface area is 61.2 Å². The molecule has 0 spiro atoms. The molecule has 0 radical (unpaired) electrons. The van der Waals surface area contributed by atoms with Gasteiger partial charge in [0.15, 0.2) is 0 Å². The van der Waals surface area contributed by atoms with Gasteiger partial charge in [-0.2, -0.15) is 22.0 Å². The Kier molecular flexibility index (Phi) is 3.55. The van der Waals surface area contributed by atoms with Crippen molar-refractivity contribution >= 4 is 15.9 Å². The van der Waals surface area contributed by atoms with Crippen LogP contribution in [0.2, 0.25) is 0 Å². The summed E-state index contributed by atoms with van der Waals surface area (Å²) in [7, 11) is 0. The molecule has 10 heavy (non-hydrogen) atoms. The predicted octanol–water partition coefficient (Wildman–Crippen LogP) is 3.57. The Morgan fingerprint density at radius 2 is 1.20 bits per heavy atom. The number of hydrogen-bond acceptors (Lipinski definition) is 0. The fourth-order valence-electron chi connectivity index (χ4n) is 0.166. The van der Waals surface area contributed by atoms with Crippen LogP contribution >= 0.6 is 15.9 Å².